The van der Waals surface area contributed by atoms with Crippen LogP contribution in [-0.4, -0.2) is 66.6 Å². The van der Waals surface area contributed by atoms with Crippen molar-refractivity contribution in [2.24, 2.45) is 0 Å². The summed E-state index contributed by atoms with van der Waals surface area (Å²) in [6.45, 7) is 23.4. The average Bonchev–Trinajstić information content (AvgIpc) is 4.14. The van der Waals surface area contributed by atoms with Gasteiger partial charge in [-0.2, -0.15) is 0 Å². The fourth-order valence-electron chi connectivity index (χ4n) is 8.22. The molecule has 66 heavy (non-hydrogen) atoms. The summed E-state index contributed by atoms with van der Waals surface area (Å²) in [7, 11) is 0. The number of nitrogens with zero attached hydrogens (tertiary/aromatic N) is 12. The number of aryl methyl sites for hydroxylation is 8. The third-order valence-corrected chi connectivity index (χ3v) is 11.2. The fourth-order valence-corrected chi connectivity index (χ4v) is 8.22. The van der Waals surface area contributed by atoms with E-state index in [1.54, 1.807) is 0 Å². The van der Waals surface area contributed by atoms with E-state index < -0.39 is 0 Å². The van der Waals surface area contributed by atoms with Gasteiger partial charge in [-0.3, -0.25) is 18.7 Å². The molecule has 0 fully saturated rings. The van der Waals surface area contributed by atoms with E-state index in [2.05, 4.69) is 118 Å². The average molecular weight is 897 g/mol. The molecule has 0 saturated carbocycles. The minimum absolute atomic E-state index is 0.252. The van der Waals surface area contributed by atoms with Crippen LogP contribution in [-0.2, 0) is 76.6 Å². The van der Waals surface area contributed by atoms with Crippen molar-refractivity contribution in [3.8, 4) is 17.2 Å². The van der Waals surface area contributed by atoms with Gasteiger partial charge < -0.3 is 18.9 Å². The standard InChI is InChI=1S/C50H64N12O4/c1-10-15-38(29-63-30-44-25-59(11-2)55-51-44)22-39-18-35(7)19-42(49(39)65-32-46-27-61(13-4)57-53-46)24-43-21-36(8)20-41(50(43)66-33-47-28-62(14-5)58-54-47)23-40-17-34(6)16-37(9)48(40)64-31-45-26-60(12-3)56-52-45/h15-21,25-28H,10-14,22-24,29-33H2,1-9H3/b38-15-. The predicted molar refractivity (Wildman–Crippen MR) is 251 cm³/mol. The molecule has 348 valence electrons. The minimum atomic E-state index is 0.252. The Balaban J connectivity index is 1.26. The van der Waals surface area contributed by atoms with E-state index >= 15 is 0 Å². The third kappa shape index (κ3) is 12.4. The molecule has 4 aromatic heterocycles. The van der Waals surface area contributed by atoms with Gasteiger partial charge in [0.25, 0.3) is 0 Å². The van der Waals surface area contributed by atoms with Crippen LogP contribution in [0.1, 0.15) is 114 Å². The molecular formula is C50H64N12O4. The number of rotatable bonds is 24. The SMILES string of the molecule is CC/C=C(\COCc1cn(CC)nn1)Cc1cc(C)cc(Cc2cc(C)cc(Cc3cc(C)cc(C)c3OCc3cn(CC)nn3)c2OCc2cn(CC)nn2)c1OCc1cn(CC)nn1. The first kappa shape index (κ1) is 47.3. The lowest BCUT2D eigenvalue weighted by Crippen LogP contribution is -2.09. The van der Waals surface area contributed by atoms with Gasteiger partial charge in [0.05, 0.1) is 38.0 Å². The maximum atomic E-state index is 6.91. The second-order valence-corrected chi connectivity index (χ2v) is 16.8. The number of benzene rings is 3. The number of ether oxygens (including phenoxy) is 4. The Morgan fingerprint density at radius 2 is 0.833 bits per heavy atom. The fraction of sp³-hybridized carbons (Fsp3) is 0.440. The largest absolute Gasteiger partial charge is 0.487 e. The van der Waals surface area contributed by atoms with Gasteiger partial charge in [-0.1, -0.05) is 86.9 Å². The van der Waals surface area contributed by atoms with Crippen LogP contribution in [0.15, 0.2) is 72.8 Å². The molecule has 4 heterocycles. The highest BCUT2D eigenvalue weighted by molar-refractivity contribution is 5.55. The van der Waals surface area contributed by atoms with Gasteiger partial charge in [0.2, 0.25) is 0 Å². The van der Waals surface area contributed by atoms with Crippen LogP contribution >= 0.6 is 0 Å². The second kappa shape index (κ2) is 22.5. The molecule has 0 atom stereocenters. The van der Waals surface area contributed by atoms with Crippen LogP contribution < -0.4 is 14.2 Å². The van der Waals surface area contributed by atoms with Crippen LogP contribution in [0.3, 0.4) is 0 Å². The molecule has 0 bridgehead atoms. The Kier molecular flexibility index (Phi) is 16.1. The van der Waals surface area contributed by atoms with E-state index in [1.807, 2.05) is 71.2 Å². The van der Waals surface area contributed by atoms with Gasteiger partial charge in [-0.25, -0.2) is 0 Å². The first-order valence-corrected chi connectivity index (χ1v) is 23.1. The molecule has 0 aliphatic carbocycles. The van der Waals surface area contributed by atoms with Crippen LogP contribution in [0.4, 0.5) is 0 Å². The monoisotopic (exact) mass is 897 g/mol. The summed E-state index contributed by atoms with van der Waals surface area (Å²) in [5.74, 6) is 2.43. The molecule has 0 saturated heterocycles. The van der Waals surface area contributed by atoms with Crippen LogP contribution in [0, 0.1) is 27.7 Å². The van der Waals surface area contributed by atoms with E-state index in [9.17, 15) is 0 Å². The molecular weight excluding hydrogens is 833 g/mol. The summed E-state index contributed by atoms with van der Waals surface area (Å²) < 4.78 is 33.8. The summed E-state index contributed by atoms with van der Waals surface area (Å²) in [6.07, 6.45) is 12.6. The van der Waals surface area contributed by atoms with Gasteiger partial charge in [-0.05, 0) is 107 Å². The van der Waals surface area contributed by atoms with Gasteiger partial charge in [0.1, 0.15) is 59.8 Å². The summed E-state index contributed by atoms with van der Waals surface area (Å²) >= 11 is 0. The lowest BCUT2D eigenvalue weighted by atomic mass is 9.91. The second-order valence-electron chi connectivity index (χ2n) is 16.8. The molecule has 0 N–H and O–H groups in total. The van der Waals surface area contributed by atoms with Gasteiger partial charge in [-0.15, -0.1) is 20.4 Å². The maximum absolute atomic E-state index is 6.91. The molecule has 0 amide bonds. The number of hydrogen-bond donors (Lipinski definition) is 0. The maximum Gasteiger partial charge on any atom is 0.134 e. The van der Waals surface area contributed by atoms with E-state index in [1.165, 1.54) is 0 Å². The molecule has 16 nitrogen and oxygen atoms in total. The van der Waals surface area contributed by atoms with Crippen LogP contribution in [0.25, 0.3) is 0 Å². The Labute approximate surface area is 387 Å². The minimum Gasteiger partial charge on any atom is -0.487 e. The molecule has 7 rings (SSSR count). The van der Waals surface area contributed by atoms with Crippen molar-refractivity contribution in [3.05, 3.63) is 146 Å². The van der Waals surface area contributed by atoms with E-state index in [0.29, 0.717) is 45.6 Å². The van der Waals surface area contributed by atoms with E-state index in [-0.39, 0.29) is 13.2 Å². The highest BCUT2D eigenvalue weighted by atomic mass is 16.5. The highest BCUT2D eigenvalue weighted by Gasteiger charge is 2.21. The Morgan fingerprint density at radius 1 is 0.470 bits per heavy atom. The smallest absolute Gasteiger partial charge is 0.134 e. The normalized spacial score (nSPS) is 11.7. The van der Waals surface area contributed by atoms with Crippen molar-refractivity contribution in [1.29, 1.82) is 0 Å². The highest BCUT2D eigenvalue weighted by Crippen LogP contribution is 2.38. The molecule has 0 aliphatic rings. The summed E-state index contributed by atoms with van der Waals surface area (Å²) in [5.41, 5.74) is 13.9. The van der Waals surface area contributed by atoms with Crippen molar-refractivity contribution in [3.63, 3.8) is 0 Å². The molecule has 0 unspecified atom stereocenters. The molecule has 7 aromatic rings. The van der Waals surface area contributed by atoms with Gasteiger partial charge in [0, 0.05) is 39.0 Å². The summed E-state index contributed by atoms with van der Waals surface area (Å²) in [6, 6.07) is 13.2. The Morgan fingerprint density at radius 3 is 1.24 bits per heavy atom. The first-order chi connectivity index (χ1) is 32.0. The zero-order valence-corrected chi connectivity index (χ0v) is 40.0. The van der Waals surface area contributed by atoms with Crippen molar-refractivity contribution in [2.45, 2.75) is 141 Å². The van der Waals surface area contributed by atoms with Crippen LogP contribution in [0.5, 0.6) is 17.2 Å². The third-order valence-electron chi connectivity index (χ3n) is 11.2. The zero-order chi connectivity index (χ0) is 46.6. The molecule has 0 spiro atoms. The first-order valence-electron chi connectivity index (χ1n) is 23.1. The lowest BCUT2D eigenvalue weighted by molar-refractivity contribution is 0.138. The number of hydrogen-bond acceptors (Lipinski definition) is 12. The van der Waals surface area contributed by atoms with Crippen molar-refractivity contribution in [2.75, 3.05) is 6.61 Å². The number of aromatic nitrogens is 12. The number of allylic oxidation sites excluding steroid dienone is 1. The molecule has 3 aromatic carbocycles. The van der Waals surface area contributed by atoms with Crippen molar-refractivity contribution in [1.82, 2.24) is 60.0 Å². The van der Waals surface area contributed by atoms with Crippen molar-refractivity contribution >= 4 is 0 Å². The molecule has 16 heteroatoms. The van der Waals surface area contributed by atoms with Crippen molar-refractivity contribution < 1.29 is 18.9 Å². The quantitative estimate of drug-likeness (QED) is 0.0534. The topological polar surface area (TPSA) is 160 Å². The predicted octanol–water partition coefficient (Wildman–Crippen LogP) is 8.38. The molecule has 0 radical (unpaired) electrons. The summed E-state index contributed by atoms with van der Waals surface area (Å²) in [4.78, 5) is 0. The Hall–Kier alpha value is -6.68. The molecule has 0 aliphatic heterocycles. The van der Waals surface area contributed by atoms with E-state index in [0.717, 1.165) is 122 Å². The lowest BCUT2D eigenvalue weighted by Gasteiger charge is -2.22. The van der Waals surface area contributed by atoms with Crippen LogP contribution in [0.2, 0.25) is 0 Å². The van der Waals surface area contributed by atoms with Gasteiger partial charge >= 0.3 is 0 Å². The zero-order valence-electron chi connectivity index (χ0n) is 40.0. The van der Waals surface area contributed by atoms with Gasteiger partial charge in [0.15, 0.2) is 0 Å². The van der Waals surface area contributed by atoms with E-state index in [4.69, 9.17) is 18.9 Å². The Bertz CT molecular complexity index is 2730. The summed E-state index contributed by atoms with van der Waals surface area (Å²) in [5, 5.41) is 34.4.